The third kappa shape index (κ3) is 2.17. The summed E-state index contributed by atoms with van der Waals surface area (Å²) in [6.45, 7) is 3.85. The van der Waals surface area contributed by atoms with Gasteiger partial charge >= 0.3 is 0 Å². The van der Waals surface area contributed by atoms with Gasteiger partial charge in [0.15, 0.2) is 11.5 Å². The second-order valence-corrected chi connectivity index (χ2v) is 4.39. The number of aromatic amines is 1. The molecule has 0 bridgehead atoms. The van der Waals surface area contributed by atoms with Gasteiger partial charge in [-0.15, -0.1) is 5.11 Å². The summed E-state index contributed by atoms with van der Waals surface area (Å²) in [4.78, 5) is 6.42. The molecule has 18 heavy (non-hydrogen) atoms. The van der Waals surface area contributed by atoms with E-state index in [1.165, 1.54) is 0 Å². The third-order valence-corrected chi connectivity index (χ3v) is 3.06. The minimum atomic E-state index is 0.664. The highest BCUT2D eigenvalue weighted by atomic mass is 15.6. The summed E-state index contributed by atoms with van der Waals surface area (Å²) in [6.07, 6.45) is 1.71. The largest absolute Gasteiger partial charge is 0.303 e. The van der Waals surface area contributed by atoms with E-state index >= 15 is 0 Å². The Balaban J connectivity index is 1.76. The number of likely N-dealkylation sites (N-methyl/N-ethyl adjacent to an activating group) is 1. The van der Waals surface area contributed by atoms with Crippen molar-refractivity contribution in [2.45, 2.75) is 0 Å². The SMILES string of the molecule is CN1CCN(/N=N/c2[nH]nc3ncccc23)CC1. The molecule has 7 nitrogen and oxygen atoms in total. The zero-order valence-corrected chi connectivity index (χ0v) is 10.2. The molecule has 0 atom stereocenters. The third-order valence-electron chi connectivity index (χ3n) is 3.06. The summed E-state index contributed by atoms with van der Waals surface area (Å²) in [5, 5.41) is 18.3. The van der Waals surface area contributed by atoms with Crippen LogP contribution in [0, 0.1) is 0 Å². The van der Waals surface area contributed by atoms with Crippen LogP contribution in [0.25, 0.3) is 11.0 Å². The Kier molecular flexibility index (Phi) is 2.89. The van der Waals surface area contributed by atoms with Crippen molar-refractivity contribution in [3.8, 4) is 0 Å². The van der Waals surface area contributed by atoms with E-state index in [1.54, 1.807) is 6.20 Å². The number of nitrogens with zero attached hydrogens (tertiary/aromatic N) is 6. The summed E-state index contributed by atoms with van der Waals surface area (Å²) in [6, 6.07) is 3.80. The van der Waals surface area contributed by atoms with Crippen molar-refractivity contribution in [3.05, 3.63) is 18.3 Å². The lowest BCUT2D eigenvalue weighted by Crippen LogP contribution is -2.41. The average Bonchev–Trinajstić information content (AvgIpc) is 2.82. The van der Waals surface area contributed by atoms with E-state index in [4.69, 9.17) is 0 Å². The van der Waals surface area contributed by atoms with Gasteiger partial charge in [0.25, 0.3) is 0 Å². The maximum absolute atomic E-state index is 4.24. The lowest BCUT2D eigenvalue weighted by atomic mass is 10.3. The van der Waals surface area contributed by atoms with Gasteiger partial charge in [-0.2, -0.15) is 5.10 Å². The van der Waals surface area contributed by atoms with E-state index in [0.29, 0.717) is 11.5 Å². The molecule has 94 valence electrons. The van der Waals surface area contributed by atoms with Gasteiger partial charge in [0.1, 0.15) is 0 Å². The van der Waals surface area contributed by atoms with Gasteiger partial charge in [-0.05, 0) is 19.2 Å². The average molecular weight is 245 g/mol. The first kappa shape index (κ1) is 11.1. The Bertz CT molecular complexity index is 553. The molecule has 0 radical (unpaired) electrons. The zero-order chi connectivity index (χ0) is 12.4. The van der Waals surface area contributed by atoms with Gasteiger partial charge in [0.2, 0.25) is 0 Å². The molecule has 1 N–H and O–H groups in total. The summed E-state index contributed by atoms with van der Waals surface area (Å²) in [5.74, 6) is 0.664. The number of piperazine rings is 1. The number of hydrogen-bond donors (Lipinski definition) is 1. The molecular formula is C11H15N7. The van der Waals surface area contributed by atoms with Crippen molar-refractivity contribution in [2.75, 3.05) is 33.2 Å². The second kappa shape index (κ2) is 4.69. The molecule has 1 fully saturated rings. The molecule has 7 heteroatoms. The van der Waals surface area contributed by atoms with Crippen molar-refractivity contribution < 1.29 is 0 Å². The van der Waals surface area contributed by atoms with Crippen LogP contribution in [0.4, 0.5) is 5.82 Å². The molecular weight excluding hydrogens is 230 g/mol. The Morgan fingerprint density at radius 3 is 2.94 bits per heavy atom. The number of nitrogens with one attached hydrogen (secondary N) is 1. The summed E-state index contributed by atoms with van der Waals surface area (Å²) in [7, 11) is 2.11. The van der Waals surface area contributed by atoms with Crippen LogP contribution in [0.2, 0.25) is 0 Å². The molecule has 0 amide bonds. The van der Waals surface area contributed by atoms with Crippen molar-refractivity contribution in [3.63, 3.8) is 0 Å². The van der Waals surface area contributed by atoms with E-state index in [-0.39, 0.29) is 0 Å². The highest BCUT2D eigenvalue weighted by Gasteiger charge is 2.12. The van der Waals surface area contributed by atoms with E-state index in [1.807, 2.05) is 17.1 Å². The number of hydrogen-bond acceptors (Lipinski definition) is 5. The topological polar surface area (TPSA) is 72.8 Å². The van der Waals surface area contributed by atoms with Crippen LogP contribution in [0.3, 0.4) is 0 Å². The van der Waals surface area contributed by atoms with Crippen molar-refractivity contribution in [1.29, 1.82) is 0 Å². The molecule has 1 saturated heterocycles. The van der Waals surface area contributed by atoms with Crippen LogP contribution in [-0.2, 0) is 0 Å². The summed E-state index contributed by atoms with van der Waals surface area (Å²) >= 11 is 0. The molecule has 1 aliphatic rings. The molecule has 2 aromatic heterocycles. The number of pyridine rings is 1. The Morgan fingerprint density at radius 1 is 1.28 bits per heavy atom. The van der Waals surface area contributed by atoms with Crippen LogP contribution in [0.15, 0.2) is 28.7 Å². The quantitative estimate of drug-likeness (QED) is 0.807. The Labute approximate surface area is 104 Å². The number of H-pyrrole nitrogens is 1. The van der Waals surface area contributed by atoms with Gasteiger partial charge in [-0.3, -0.25) is 10.1 Å². The van der Waals surface area contributed by atoms with Gasteiger partial charge in [0, 0.05) is 19.3 Å². The van der Waals surface area contributed by atoms with Crippen LogP contribution in [-0.4, -0.2) is 58.3 Å². The van der Waals surface area contributed by atoms with E-state index in [9.17, 15) is 0 Å². The standard InChI is InChI=1S/C11H15N7/c1-17-5-7-18(8-6-17)16-15-11-9-3-2-4-12-10(9)13-14-11/h2-4H,5-8H2,1H3,(H,12,13,14)/b16-15+. The van der Waals surface area contributed by atoms with Gasteiger partial charge in [-0.1, -0.05) is 5.22 Å². The van der Waals surface area contributed by atoms with Gasteiger partial charge in [0.05, 0.1) is 18.5 Å². The highest BCUT2D eigenvalue weighted by Crippen LogP contribution is 2.21. The predicted octanol–water partition coefficient (Wildman–Crippen LogP) is 1.20. The highest BCUT2D eigenvalue weighted by molar-refractivity contribution is 5.84. The minimum Gasteiger partial charge on any atom is -0.303 e. The summed E-state index contributed by atoms with van der Waals surface area (Å²) in [5.41, 5.74) is 0.671. The first-order valence-corrected chi connectivity index (χ1v) is 5.97. The van der Waals surface area contributed by atoms with Crippen molar-refractivity contribution >= 4 is 16.9 Å². The van der Waals surface area contributed by atoms with E-state index < -0.39 is 0 Å². The fraction of sp³-hybridized carbons (Fsp3) is 0.455. The van der Waals surface area contributed by atoms with Crippen LogP contribution >= 0.6 is 0 Å². The molecule has 0 unspecified atom stereocenters. The first-order chi connectivity index (χ1) is 8.83. The van der Waals surface area contributed by atoms with Crippen LogP contribution < -0.4 is 0 Å². The fourth-order valence-electron chi connectivity index (χ4n) is 1.91. The smallest absolute Gasteiger partial charge is 0.183 e. The molecule has 0 saturated carbocycles. The van der Waals surface area contributed by atoms with Gasteiger partial charge in [-0.25, -0.2) is 4.98 Å². The molecule has 2 aromatic rings. The predicted molar refractivity (Wildman–Crippen MR) is 67.5 cm³/mol. The van der Waals surface area contributed by atoms with Crippen molar-refractivity contribution in [2.24, 2.45) is 10.3 Å². The van der Waals surface area contributed by atoms with E-state index in [0.717, 1.165) is 31.6 Å². The number of fused-ring (bicyclic) bond motifs is 1. The minimum absolute atomic E-state index is 0.664. The lowest BCUT2D eigenvalue weighted by Gasteiger charge is -2.29. The lowest BCUT2D eigenvalue weighted by molar-refractivity contribution is 0.150. The van der Waals surface area contributed by atoms with Crippen LogP contribution in [0.5, 0.6) is 0 Å². The molecule has 0 aliphatic carbocycles. The van der Waals surface area contributed by atoms with E-state index in [2.05, 4.69) is 37.5 Å². The zero-order valence-electron chi connectivity index (χ0n) is 10.2. The maximum Gasteiger partial charge on any atom is 0.183 e. The van der Waals surface area contributed by atoms with Crippen molar-refractivity contribution in [1.82, 2.24) is 25.1 Å². The normalized spacial score (nSPS) is 17.9. The molecule has 0 spiro atoms. The molecule has 1 aliphatic heterocycles. The van der Waals surface area contributed by atoms with Crippen LogP contribution in [0.1, 0.15) is 0 Å². The fourth-order valence-corrected chi connectivity index (χ4v) is 1.91. The maximum atomic E-state index is 4.24. The second-order valence-electron chi connectivity index (χ2n) is 4.39. The molecule has 3 rings (SSSR count). The molecule has 3 heterocycles. The molecule has 0 aromatic carbocycles. The first-order valence-electron chi connectivity index (χ1n) is 5.97. The summed E-state index contributed by atoms with van der Waals surface area (Å²) < 4.78 is 0. The number of aromatic nitrogens is 3. The van der Waals surface area contributed by atoms with Gasteiger partial charge < -0.3 is 4.90 Å². The Morgan fingerprint density at radius 2 is 2.11 bits per heavy atom. The Hall–Kier alpha value is -2.02. The monoisotopic (exact) mass is 245 g/mol. The number of rotatable bonds is 2.